The number of para-hydroxylation sites is 2. The fourth-order valence-electron chi connectivity index (χ4n) is 1.65. The van der Waals surface area contributed by atoms with Gasteiger partial charge in [-0.15, -0.1) is 0 Å². The highest BCUT2D eigenvalue weighted by Gasteiger charge is 2.10. The summed E-state index contributed by atoms with van der Waals surface area (Å²) in [6.07, 6.45) is 0. The number of rotatable bonds is 5. The lowest BCUT2D eigenvalue weighted by molar-refractivity contribution is 0.750. The smallest absolute Gasteiger partial charge is 0.0525 e. The highest BCUT2D eigenvalue weighted by Crippen LogP contribution is 2.32. The van der Waals surface area contributed by atoms with E-state index < -0.39 is 0 Å². The van der Waals surface area contributed by atoms with Crippen LogP contribution in [0.1, 0.15) is 13.8 Å². The Morgan fingerprint density at radius 2 is 1.24 bits per heavy atom. The largest absolute Gasteiger partial charge is 0.323 e. The Balaban J connectivity index is 0.000000677. The zero-order valence-electron chi connectivity index (χ0n) is 13.4. The lowest BCUT2D eigenvalue weighted by Crippen LogP contribution is -2.09. The molecule has 0 saturated carbocycles. The summed E-state index contributed by atoms with van der Waals surface area (Å²) >= 11 is 1.87. The molecule has 0 spiro atoms. The van der Waals surface area contributed by atoms with Gasteiger partial charge in [0.1, 0.15) is 0 Å². The Labute approximate surface area is 133 Å². The Morgan fingerprint density at radius 3 is 1.57 bits per heavy atom. The van der Waals surface area contributed by atoms with Crippen molar-refractivity contribution in [2.24, 2.45) is 5.92 Å². The van der Waals surface area contributed by atoms with Crippen LogP contribution in [0.25, 0.3) is 0 Å². The molecule has 114 valence electrons. The van der Waals surface area contributed by atoms with Gasteiger partial charge in [0, 0.05) is 5.75 Å². The van der Waals surface area contributed by atoms with Gasteiger partial charge in [-0.2, -0.15) is 0 Å². The van der Waals surface area contributed by atoms with E-state index >= 15 is 0 Å². The van der Waals surface area contributed by atoms with Crippen molar-refractivity contribution in [3.8, 4) is 0 Å². The van der Waals surface area contributed by atoms with Crippen LogP contribution in [-0.4, -0.2) is 19.8 Å². The van der Waals surface area contributed by atoms with Crippen molar-refractivity contribution < 1.29 is 0 Å². The molecule has 2 aromatic carbocycles. The molecule has 0 aliphatic heterocycles. The number of nitrogens with zero attached hydrogens (tertiary/aromatic N) is 1. The summed E-state index contributed by atoms with van der Waals surface area (Å²) in [6.45, 7) is 4.50. The van der Waals surface area contributed by atoms with Crippen LogP contribution >= 0.6 is 11.9 Å². The lowest BCUT2D eigenvalue weighted by Gasteiger charge is -2.24. The summed E-state index contributed by atoms with van der Waals surface area (Å²) in [5, 5.41) is 2.75. The molecule has 2 nitrogen and oxygen atoms in total. The standard InChI is InChI=1S/C16H19NS.C2H7N/c1-14(2)13-18-17(15-9-5-3-6-10-15)16-11-7-4-8-12-16;1-3-2/h3-12,14H,13H2,1-2H3;3H,1-2H3. The predicted octanol–water partition coefficient (Wildman–Crippen LogP) is 4.96. The van der Waals surface area contributed by atoms with Crippen molar-refractivity contribution in [2.75, 3.05) is 24.2 Å². The van der Waals surface area contributed by atoms with Gasteiger partial charge in [0.15, 0.2) is 0 Å². The molecule has 2 rings (SSSR count). The van der Waals surface area contributed by atoms with Crippen molar-refractivity contribution >= 4 is 23.3 Å². The fourth-order valence-corrected chi connectivity index (χ4v) is 2.64. The first-order valence-electron chi connectivity index (χ1n) is 7.30. The third-order valence-electron chi connectivity index (χ3n) is 2.52. The van der Waals surface area contributed by atoms with Crippen molar-refractivity contribution in [3.05, 3.63) is 60.7 Å². The SMILES string of the molecule is CC(C)CSN(c1ccccc1)c1ccccc1.CNC. The van der Waals surface area contributed by atoms with Crippen LogP contribution in [0.15, 0.2) is 60.7 Å². The number of anilines is 2. The van der Waals surface area contributed by atoms with Gasteiger partial charge < -0.3 is 5.32 Å². The van der Waals surface area contributed by atoms with Crippen LogP contribution in [0.2, 0.25) is 0 Å². The molecule has 0 amide bonds. The molecule has 3 heteroatoms. The Bertz CT molecular complexity index is 432. The van der Waals surface area contributed by atoms with Crippen LogP contribution < -0.4 is 9.62 Å². The highest BCUT2D eigenvalue weighted by molar-refractivity contribution is 8.00. The van der Waals surface area contributed by atoms with Crippen LogP contribution in [0.4, 0.5) is 11.4 Å². The third kappa shape index (κ3) is 6.69. The van der Waals surface area contributed by atoms with E-state index in [0.717, 1.165) is 5.75 Å². The number of nitrogens with one attached hydrogen (secondary N) is 1. The average molecular weight is 302 g/mol. The molecule has 0 bridgehead atoms. The number of hydrogen-bond acceptors (Lipinski definition) is 3. The van der Waals surface area contributed by atoms with E-state index in [-0.39, 0.29) is 0 Å². The van der Waals surface area contributed by atoms with Crippen LogP contribution in [-0.2, 0) is 0 Å². The first-order chi connectivity index (χ1) is 10.2. The van der Waals surface area contributed by atoms with Crippen LogP contribution in [0.3, 0.4) is 0 Å². The van der Waals surface area contributed by atoms with Gasteiger partial charge in [-0.1, -0.05) is 50.2 Å². The second kappa shape index (κ2) is 10.3. The van der Waals surface area contributed by atoms with Gasteiger partial charge in [0.05, 0.1) is 11.4 Å². The Morgan fingerprint density at radius 1 is 0.857 bits per heavy atom. The van der Waals surface area contributed by atoms with Crippen molar-refractivity contribution in [1.29, 1.82) is 0 Å². The van der Waals surface area contributed by atoms with Gasteiger partial charge in [0.25, 0.3) is 0 Å². The first kappa shape index (κ1) is 17.6. The predicted molar refractivity (Wildman–Crippen MR) is 97.3 cm³/mol. The monoisotopic (exact) mass is 302 g/mol. The number of benzene rings is 2. The summed E-state index contributed by atoms with van der Waals surface area (Å²) in [5.41, 5.74) is 2.46. The molecule has 0 aliphatic carbocycles. The average Bonchev–Trinajstić information content (AvgIpc) is 2.50. The van der Waals surface area contributed by atoms with Gasteiger partial charge in [-0.25, -0.2) is 0 Å². The molecule has 0 aromatic heterocycles. The van der Waals surface area contributed by atoms with E-state index in [1.54, 1.807) is 0 Å². The molecule has 0 atom stereocenters. The normalized spacial score (nSPS) is 9.95. The van der Waals surface area contributed by atoms with Crippen LogP contribution in [0.5, 0.6) is 0 Å². The Kier molecular flexibility index (Phi) is 8.63. The zero-order chi connectivity index (χ0) is 15.5. The molecule has 21 heavy (non-hydrogen) atoms. The van der Waals surface area contributed by atoms with E-state index in [2.05, 4.69) is 84.1 Å². The van der Waals surface area contributed by atoms with Crippen molar-refractivity contribution in [1.82, 2.24) is 5.32 Å². The van der Waals surface area contributed by atoms with E-state index in [9.17, 15) is 0 Å². The molecule has 1 N–H and O–H groups in total. The molecular formula is C18H26N2S. The van der Waals surface area contributed by atoms with Gasteiger partial charge >= 0.3 is 0 Å². The van der Waals surface area contributed by atoms with E-state index in [4.69, 9.17) is 0 Å². The van der Waals surface area contributed by atoms with Gasteiger partial charge in [-0.05, 0) is 56.2 Å². The maximum atomic E-state index is 2.75. The topological polar surface area (TPSA) is 15.3 Å². The summed E-state index contributed by atoms with van der Waals surface area (Å²) in [5.74, 6) is 1.80. The van der Waals surface area contributed by atoms with E-state index in [0.29, 0.717) is 5.92 Å². The third-order valence-corrected chi connectivity index (χ3v) is 4.01. The Hall–Kier alpha value is -1.45. The summed E-state index contributed by atoms with van der Waals surface area (Å²) in [7, 11) is 3.75. The van der Waals surface area contributed by atoms with Gasteiger partial charge in [0.2, 0.25) is 0 Å². The minimum absolute atomic E-state index is 0.685. The molecule has 0 aliphatic rings. The van der Waals surface area contributed by atoms with Crippen molar-refractivity contribution in [3.63, 3.8) is 0 Å². The molecule has 0 fully saturated rings. The fraction of sp³-hybridized carbons (Fsp3) is 0.333. The molecule has 0 saturated heterocycles. The second-order valence-electron chi connectivity index (χ2n) is 5.16. The second-order valence-corrected chi connectivity index (χ2v) is 6.11. The molecule has 2 aromatic rings. The van der Waals surface area contributed by atoms with E-state index in [1.807, 2.05) is 26.0 Å². The minimum Gasteiger partial charge on any atom is -0.323 e. The van der Waals surface area contributed by atoms with Gasteiger partial charge in [-0.3, -0.25) is 4.31 Å². The molecule has 0 heterocycles. The molecular weight excluding hydrogens is 276 g/mol. The summed E-state index contributed by atoms with van der Waals surface area (Å²) < 4.78 is 2.31. The van der Waals surface area contributed by atoms with Crippen molar-refractivity contribution in [2.45, 2.75) is 13.8 Å². The maximum absolute atomic E-state index is 2.75. The molecule has 0 radical (unpaired) electrons. The zero-order valence-corrected chi connectivity index (χ0v) is 14.2. The highest BCUT2D eigenvalue weighted by atomic mass is 32.2. The van der Waals surface area contributed by atoms with E-state index in [1.165, 1.54) is 11.4 Å². The summed E-state index contributed by atoms with van der Waals surface area (Å²) in [4.78, 5) is 0. The number of hydrogen-bond donors (Lipinski definition) is 1. The minimum atomic E-state index is 0.685. The first-order valence-corrected chi connectivity index (χ1v) is 8.25. The quantitative estimate of drug-likeness (QED) is 0.785. The van der Waals surface area contributed by atoms with Crippen LogP contribution in [0, 0.1) is 5.92 Å². The summed E-state index contributed by atoms with van der Waals surface area (Å²) in [6, 6.07) is 21.1. The molecule has 0 unspecified atom stereocenters. The maximum Gasteiger partial charge on any atom is 0.0525 e. The lowest BCUT2D eigenvalue weighted by atomic mass is 10.3.